The molecular formula is C10H13NO4. The monoisotopic (exact) mass is 211 g/mol. The molecule has 1 heterocycles. The molecule has 0 saturated carbocycles. The van der Waals surface area contributed by atoms with Gasteiger partial charge in [-0.3, -0.25) is 4.79 Å². The normalized spacial score (nSPS) is 43.5. The lowest BCUT2D eigenvalue weighted by atomic mass is 9.66. The van der Waals surface area contributed by atoms with Crippen molar-refractivity contribution in [2.45, 2.75) is 19.9 Å². The standard InChI is InChI=1S/C10H13NO4/c1-9-5-15-8(13)10(9,2)7(11-14)3-6(9)4-12/h3,7,12H,4-5H2,1-2H3/t7?,9-,10-/m0/s1. The molecule has 1 aliphatic heterocycles. The number of esters is 1. The van der Waals surface area contributed by atoms with Gasteiger partial charge in [0.05, 0.1) is 6.61 Å². The first-order valence-corrected chi connectivity index (χ1v) is 4.82. The van der Waals surface area contributed by atoms with Gasteiger partial charge in [-0.05, 0) is 12.5 Å². The molecule has 1 N–H and O–H groups in total. The van der Waals surface area contributed by atoms with E-state index in [1.54, 1.807) is 13.0 Å². The highest BCUT2D eigenvalue weighted by Gasteiger charge is 2.66. The summed E-state index contributed by atoms with van der Waals surface area (Å²) in [7, 11) is 0. The Kier molecular flexibility index (Phi) is 1.98. The molecule has 2 aliphatic rings. The van der Waals surface area contributed by atoms with Crippen molar-refractivity contribution in [3.8, 4) is 0 Å². The summed E-state index contributed by atoms with van der Waals surface area (Å²) in [5.74, 6) is -0.408. The quantitative estimate of drug-likeness (QED) is 0.413. The first kappa shape index (κ1) is 10.3. The van der Waals surface area contributed by atoms with Gasteiger partial charge in [-0.15, -0.1) is 0 Å². The molecule has 0 aromatic rings. The number of ether oxygens (including phenoxy) is 1. The summed E-state index contributed by atoms with van der Waals surface area (Å²) in [5, 5.41) is 12.2. The predicted molar refractivity (Wildman–Crippen MR) is 51.9 cm³/mol. The number of hydrogen-bond donors (Lipinski definition) is 1. The van der Waals surface area contributed by atoms with Crippen LogP contribution in [0.15, 0.2) is 16.8 Å². The largest absolute Gasteiger partial charge is 0.464 e. The Bertz CT molecular complexity index is 364. The molecule has 0 amide bonds. The van der Waals surface area contributed by atoms with Crippen LogP contribution in [0.3, 0.4) is 0 Å². The number of carbonyl (C=O) groups is 1. The van der Waals surface area contributed by atoms with E-state index in [2.05, 4.69) is 5.18 Å². The molecule has 0 radical (unpaired) electrons. The average Bonchev–Trinajstić information content (AvgIpc) is 2.59. The zero-order valence-corrected chi connectivity index (χ0v) is 8.69. The minimum Gasteiger partial charge on any atom is -0.464 e. The highest BCUT2D eigenvalue weighted by Crippen LogP contribution is 2.58. The molecule has 0 spiro atoms. The molecule has 0 aromatic heterocycles. The van der Waals surface area contributed by atoms with Crippen molar-refractivity contribution in [1.82, 2.24) is 0 Å². The van der Waals surface area contributed by atoms with E-state index in [9.17, 15) is 14.8 Å². The van der Waals surface area contributed by atoms with E-state index in [4.69, 9.17) is 4.74 Å². The van der Waals surface area contributed by atoms with Crippen LogP contribution < -0.4 is 0 Å². The molecule has 0 bridgehead atoms. The lowest BCUT2D eigenvalue weighted by Crippen LogP contribution is -2.42. The second-order valence-corrected chi connectivity index (χ2v) is 4.51. The summed E-state index contributed by atoms with van der Waals surface area (Å²) in [6.07, 6.45) is 1.59. The third-order valence-corrected chi connectivity index (χ3v) is 4.01. The smallest absolute Gasteiger partial charge is 0.315 e. The van der Waals surface area contributed by atoms with Crippen molar-refractivity contribution < 1.29 is 14.6 Å². The van der Waals surface area contributed by atoms with Gasteiger partial charge in [0.2, 0.25) is 0 Å². The zero-order chi connectivity index (χ0) is 11.3. The lowest BCUT2D eigenvalue weighted by Gasteiger charge is -2.32. The van der Waals surface area contributed by atoms with Crippen LogP contribution in [-0.2, 0) is 9.53 Å². The maximum atomic E-state index is 11.7. The zero-order valence-electron chi connectivity index (χ0n) is 8.69. The number of aliphatic hydroxyl groups is 1. The number of hydrogen-bond acceptors (Lipinski definition) is 5. The average molecular weight is 211 g/mol. The molecule has 2 rings (SSSR count). The molecule has 1 saturated heterocycles. The van der Waals surface area contributed by atoms with Gasteiger partial charge in [-0.2, -0.15) is 4.91 Å². The van der Waals surface area contributed by atoms with Crippen molar-refractivity contribution >= 4 is 5.97 Å². The molecule has 1 unspecified atom stereocenters. The van der Waals surface area contributed by atoms with Crippen LogP contribution in [0.2, 0.25) is 0 Å². The SMILES string of the molecule is C[C@@]12COC(=O)[C@]1(C)C(N=O)C=C2CO. The summed E-state index contributed by atoms with van der Waals surface area (Å²) in [5.41, 5.74) is -0.884. The Balaban J connectivity index is 2.55. The van der Waals surface area contributed by atoms with Crippen LogP contribution in [0.4, 0.5) is 0 Å². The number of carbonyl (C=O) groups excluding carboxylic acids is 1. The Labute approximate surface area is 87.1 Å². The fourth-order valence-corrected chi connectivity index (χ4v) is 2.51. The van der Waals surface area contributed by atoms with Gasteiger partial charge in [0.25, 0.3) is 0 Å². The van der Waals surface area contributed by atoms with Gasteiger partial charge in [-0.25, -0.2) is 0 Å². The first-order chi connectivity index (χ1) is 7.00. The topological polar surface area (TPSA) is 76.0 Å². The van der Waals surface area contributed by atoms with Crippen LogP contribution >= 0.6 is 0 Å². The number of nitrogens with zero attached hydrogens (tertiary/aromatic N) is 1. The van der Waals surface area contributed by atoms with Crippen LogP contribution in [0.5, 0.6) is 0 Å². The van der Waals surface area contributed by atoms with Gasteiger partial charge in [0, 0.05) is 5.41 Å². The number of nitroso groups, excluding NO2 is 1. The second kappa shape index (κ2) is 2.88. The fourth-order valence-electron chi connectivity index (χ4n) is 2.51. The van der Waals surface area contributed by atoms with Gasteiger partial charge in [0.1, 0.15) is 18.1 Å². The Morgan fingerprint density at radius 3 is 2.87 bits per heavy atom. The molecule has 82 valence electrons. The summed E-state index contributed by atoms with van der Waals surface area (Å²) in [4.78, 5) is 22.4. The van der Waals surface area contributed by atoms with E-state index >= 15 is 0 Å². The molecule has 3 atom stereocenters. The summed E-state index contributed by atoms with van der Waals surface area (Å²) >= 11 is 0. The summed E-state index contributed by atoms with van der Waals surface area (Å²) < 4.78 is 5.00. The van der Waals surface area contributed by atoms with Crippen molar-refractivity contribution in [2.24, 2.45) is 16.0 Å². The second-order valence-electron chi connectivity index (χ2n) is 4.51. The number of aliphatic hydroxyl groups excluding tert-OH is 1. The van der Waals surface area contributed by atoms with Crippen molar-refractivity contribution in [3.63, 3.8) is 0 Å². The third-order valence-electron chi connectivity index (χ3n) is 4.01. The third kappa shape index (κ3) is 0.937. The molecular weight excluding hydrogens is 198 g/mol. The number of rotatable bonds is 2. The van der Waals surface area contributed by atoms with Crippen molar-refractivity contribution in [1.29, 1.82) is 0 Å². The van der Waals surface area contributed by atoms with Gasteiger partial charge in [-0.1, -0.05) is 18.2 Å². The van der Waals surface area contributed by atoms with Crippen molar-refractivity contribution in [2.75, 3.05) is 13.2 Å². The molecule has 15 heavy (non-hydrogen) atoms. The minimum atomic E-state index is -0.952. The number of cyclic esters (lactones) is 1. The minimum absolute atomic E-state index is 0.172. The highest BCUT2D eigenvalue weighted by molar-refractivity contribution is 5.83. The maximum Gasteiger partial charge on any atom is 0.315 e. The Morgan fingerprint density at radius 1 is 1.67 bits per heavy atom. The van der Waals surface area contributed by atoms with Gasteiger partial charge in [0.15, 0.2) is 0 Å². The van der Waals surface area contributed by atoms with E-state index in [-0.39, 0.29) is 13.2 Å². The Morgan fingerprint density at radius 2 is 2.33 bits per heavy atom. The van der Waals surface area contributed by atoms with Crippen molar-refractivity contribution in [3.05, 3.63) is 16.6 Å². The van der Waals surface area contributed by atoms with Gasteiger partial charge < -0.3 is 9.84 Å². The molecule has 1 fully saturated rings. The van der Waals surface area contributed by atoms with Crippen LogP contribution in [0.25, 0.3) is 0 Å². The molecule has 1 aliphatic carbocycles. The van der Waals surface area contributed by atoms with E-state index in [0.717, 1.165) is 0 Å². The van der Waals surface area contributed by atoms with E-state index in [1.807, 2.05) is 6.92 Å². The summed E-state index contributed by atoms with van der Waals surface area (Å²) in [6.45, 7) is 3.54. The number of fused-ring (bicyclic) bond motifs is 1. The van der Waals surface area contributed by atoms with E-state index in [0.29, 0.717) is 5.57 Å². The van der Waals surface area contributed by atoms with E-state index in [1.165, 1.54) is 0 Å². The lowest BCUT2D eigenvalue weighted by molar-refractivity contribution is -0.146. The van der Waals surface area contributed by atoms with Crippen LogP contribution in [0, 0.1) is 15.7 Å². The first-order valence-electron chi connectivity index (χ1n) is 4.82. The van der Waals surface area contributed by atoms with Crippen LogP contribution in [0.1, 0.15) is 13.8 Å². The molecule has 5 heteroatoms. The summed E-state index contributed by atoms with van der Waals surface area (Å²) in [6, 6.07) is -0.736. The fraction of sp³-hybridized carbons (Fsp3) is 0.700. The van der Waals surface area contributed by atoms with Gasteiger partial charge >= 0.3 is 5.97 Å². The maximum absolute atomic E-state index is 11.7. The molecule has 5 nitrogen and oxygen atoms in total. The highest BCUT2D eigenvalue weighted by atomic mass is 16.5. The molecule has 0 aromatic carbocycles. The van der Waals surface area contributed by atoms with Crippen LogP contribution in [-0.4, -0.2) is 30.3 Å². The van der Waals surface area contributed by atoms with E-state index < -0.39 is 22.8 Å². The Hall–Kier alpha value is -1.23. The predicted octanol–water partition coefficient (Wildman–Crippen LogP) is 0.623.